The van der Waals surface area contributed by atoms with Gasteiger partial charge in [-0.2, -0.15) is 4.98 Å². The quantitative estimate of drug-likeness (QED) is 0.918. The molecule has 0 spiro atoms. The summed E-state index contributed by atoms with van der Waals surface area (Å²) in [7, 11) is 0. The zero-order valence-electron chi connectivity index (χ0n) is 10.8. The number of halogens is 1. The second-order valence-corrected chi connectivity index (χ2v) is 5.18. The van der Waals surface area contributed by atoms with E-state index in [1.165, 1.54) is 25.0 Å². The molecule has 3 rings (SSSR count). The molecule has 2 N–H and O–H groups in total. The van der Waals surface area contributed by atoms with E-state index in [9.17, 15) is 4.39 Å². The molecule has 1 fully saturated rings. The number of hydrogen-bond acceptors (Lipinski definition) is 4. The van der Waals surface area contributed by atoms with Crippen LogP contribution in [0.5, 0.6) is 0 Å². The highest BCUT2D eigenvalue weighted by molar-refractivity contribution is 5.59. The van der Waals surface area contributed by atoms with Gasteiger partial charge in [-0.3, -0.25) is 0 Å². The minimum atomic E-state index is -0.263. The number of hydrogen-bond donors (Lipinski definition) is 1. The molecular weight excluding hydrogens is 245 g/mol. The highest BCUT2D eigenvalue weighted by Crippen LogP contribution is 2.33. The van der Waals surface area contributed by atoms with Crippen molar-refractivity contribution in [3.8, 4) is 11.4 Å². The first-order valence-electron chi connectivity index (χ1n) is 6.48. The van der Waals surface area contributed by atoms with Crippen molar-refractivity contribution in [1.82, 2.24) is 10.1 Å². The fraction of sp³-hybridized carbons (Fsp3) is 0.429. The molecule has 1 aromatic heterocycles. The predicted molar refractivity (Wildman–Crippen MR) is 68.8 cm³/mol. The highest BCUT2D eigenvalue weighted by atomic mass is 19.1. The molecule has 19 heavy (non-hydrogen) atoms. The topological polar surface area (TPSA) is 64.9 Å². The molecule has 0 bridgehead atoms. The summed E-state index contributed by atoms with van der Waals surface area (Å²) in [5.74, 6) is 1.39. The average molecular weight is 261 g/mol. The zero-order chi connectivity index (χ0) is 13.4. The third-order valence-corrected chi connectivity index (χ3v) is 3.54. The highest BCUT2D eigenvalue weighted by Gasteiger charge is 2.29. The molecule has 1 saturated carbocycles. The minimum absolute atomic E-state index is 0.0996. The largest absolute Gasteiger partial charge is 0.339 e. The minimum Gasteiger partial charge on any atom is -0.339 e. The molecule has 0 amide bonds. The van der Waals surface area contributed by atoms with Crippen LogP contribution in [0.4, 0.5) is 4.39 Å². The van der Waals surface area contributed by atoms with Crippen LogP contribution < -0.4 is 5.73 Å². The molecule has 1 unspecified atom stereocenters. The maximum absolute atomic E-state index is 13.1. The number of benzene rings is 1. The standard InChI is InChI=1S/C14H16FN3O/c1-8-6-10(15)4-5-11(8)14-17-13(19-18-14)7-12(16)9-2-3-9/h4-6,9,12H,2-3,7,16H2,1H3. The van der Waals surface area contributed by atoms with Gasteiger partial charge in [-0.05, 0) is 49.4 Å². The summed E-state index contributed by atoms with van der Waals surface area (Å²) in [6.45, 7) is 1.82. The number of nitrogens with two attached hydrogens (primary N) is 1. The normalized spacial score (nSPS) is 16.6. The Labute approximate surface area is 110 Å². The lowest BCUT2D eigenvalue weighted by molar-refractivity contribution is 0.364. The molecule has 5 heteroatoms. The fourth-order valence-electron chi connectivity index (χ4n) is 2.22. The van der Waals surface area contributed by atoms with Crippen LogP contribution >= 0.6 is 0 Å². The van der Waals surface area contributed by atoms with Crippen molar-refractivity contribution in [2.24, 2.45) is 11.7 Å². The van der Waals surface area contributed by atoms with Gasteiger partial charge < -0.3 is 10.3 Å². The van der Waals surface area contributed by atoms with Crippen LogP contribution in [0.2, 0.25) is 0 Å². The molecule has 4 nitrogen and oxygen atoms in total. The van der Waals surface area contributed by atoms with E-state index < -0.39 is 0 Å². The Kier molecular flexibility index (Phi) is 3.06. The van der Waals surface area contributed by atoms with Gasteiger partial charge in [-0.25, -0.2) is 4.39 Å². The lowest BCUT2D eigenvalue weighted by atomic mass is 10.1. The first kappa shape index (κ1) is 12.3. The van der Waals surface area contributed by atoms with Crippen molar-refractivity contribution >= 4 is 0 Å². The van der Waals surface area contributed by atoms with E-state index in [0.29, 0.717) is 24.1 Å². The molecule has 1 atom stereocenters. The summed E-state index contributed by atoms with van der Waals surface area (Å²) in [5, 5.41) is 3.95. The van der Waals surface area contributed by atoms with E-state index >= 15 is 0 Å². The number of aromatic nitrogens is 2. The van der Waals surface area contributed by atoms with Crippen molar-refractivity contribution in [1.29, 1.82) is 0 Å². The van der Waals surface area contributed by atoms with Crippen molar-refractivity contribution in [2.75, 3.05) is 0 Å². The SMILES string of the molecule is Cc1cc(F)ccc1-c1noc(CC(N)C2CC2)n1. The molecule has 100 valence electrons. The predicted octanol–water partition coefficient (Wildman–Crippen LogP) is 2.46. The van der Waals surface area contributed by atoms with E-state index in [0.717, 1.165) is 11.1 Å². The van der Waals surface area contributed by atoms with E-state index in [1.807, 2.05) is 6.92 Å². The summed E-state index contributed by atoms with van der Waals surface area (Å²) < 4.78 is 18.3. The van der Waals surface area contributed by atoms with Crippen LogP contribution in [-0.4, -0.2) is 16.2 Å². The van der Waals surface area contributed by atoms with Gasteiger partial charge in [0, 0.05) is 18.0 Å². The van der Waals surface area contributed by atoms with E-state index in [2.05, 4.69) is 10.1 Å². The first-order valence-corrected chi connectivity index (χ1v) is 6.48. The van der Waals surface area contributed by atoms with Crippen LogP contribution in [0.1, 0.15) is 24.3 Å². The van der Waals surface area contributed by atoms with Gasteiger partial charge in [-0.1, -0.05) is 5.16 Å². The van der Waals surface area contributed by atoms with Gasteiger partial charge in [0.15, 0.2) is 0 Å². The summed E-state index contributed by atoms with van der Waals surface area (Å²) >= 11 is 0. The van der Waals surface area contributed by atoms with Gasteiger partial charge in [0.2, 0.25) is 11.7 Å². The van der Waals surface area contributed by atoms with Crippen molar-refractivity contribution in [3.63, 3.8) is 0 Å². The van der Waals surface area contributed by atoms with Gasteiger partial charge >= 0.3 is 0 Å². The second-order valence-electron chi connectivity index (χ2n) is 5.18. The Balaban J connectivity index is 1.79. The maximum Gasteiger partial charge on any atom is 0.228 e. The zero-order valence-corrected chi connectivity index (χ0v) is 10.8. The summed E-state index contributed by atoms with van der Waals surface area (Å²) in [4.78, 5) is 4.34. The number of nitrogens with zero attached hydrogens (tertiary/aromatic N) is 2. The maximum atomic E-state index is 13.1. The van der Waals surface area contributed by atoms with Gasteiger partial charge in [0.1, 0.15) is 5.82 Å². The number of aryl methyl sites for hydroxylation is 1. The van der Waals surface area contributed by atoms with E-state index in [4.69, 9.17) is 10.3 Å². The number of rotatable bonds is 4. The van der Waals surface area contributed by atoms with Crippen LogP contribution in [0.15, 0.2) is 22.7 Å². The molecule has 0 saturated heterocycles. The van der Waals surface area contributed by atoms with Gasteiger partial charge in [0.05, 0.1) is 0 Å². The Morgan fingerprint density at radius 2 is 2.26 bits per heavy atom. The summed E-state index contributed by atoms with van der Waals surface area (Å²) in [5.41, 5.74) is 7.61. The molecule has 2 aromatic rings. The summed E-state index contributed by atoms with van der Waals surface area (Å²) in [6.07, 6.45) is 3.00. The summed E-state index contributed by atoms with van der Waals surface area (Å²) in [6, 6.07) is 4.62. The lowest BCUT2D eigenvalue weighted by Crippen LogP contribution is -2.25. The Morgan fingerprint density at radius 1 is 1.47 bits per heavy atom. The van der Waals surface area contributed by atoms with Crippen LogP contribution in [-0.2, 0) is 6.42 Å². The van der Waals surface area contributed by atoms with E-state index in [1.54, 1.807) is 6.07 Å². The van der Waals surface area contributed by atoms with Crippen molar-refractivity contribution < 1.29 is 8.91 Å². The molecule has 0 radical (unpaired) electrons. The molecule has 0 aliphatic heterocycles. The van der Waals surface area contributed by atoms with Gasteiger partial charge in [-0.15, -0.1) is 0 Å². The van der Waals surface area contributed by atoms with E-state index in [-0.39, 0.29) is 11.9 Å². The monoisotopic (exact) mass is 261 g/mol. The van der Waals surface area contributed by atoms with Crippen molar-refractivity contribution in [3.05, 3.63) is 35.5 Å². The smallest absolute Gasteiger partial charge is 0.228 e. The van der Waals surface area contributed by atoms with Crippen LogP contribution in [0.3, 0.4) is 0 Å². The molecule has 1 heterocycles. The van der Waals surface area contributed by atoms with Crippen LogP contribution in [0.25, 0.3) is 11.4 Å². The molecule has 1 aromatic carbocycles. The lowest BCUT2D eigenvalue weighted by Gasteiger charge is -2.04. The molecule has 1 aliphatic rings. The molecule has 1 aliphatic carbocycles. The average Bonchev–Trinajstić information content (AvgIpc) is 3.11. The fourth-order valence-corrected chi connectivity index (χ4v) is 2.22. The van der Waals surface area contributed by atoms with Crippen LogP contribution in [0, 0.1) is 18.7 Å². The Morgan fingerprint density at radius 3 is 2.95 bits per heavy atom. The van der Waals surface area contributed by atoms with Crippen molar-refractivity contribution in [2.45, 2.75) is 32.2 Å². The third kappa shape index (κ3) is 2.66. The van der Waals surface area contributed by atoms with Gasteiger partial charge in [0.25, 0.3) is 0 Å². The first-order chi connectivity index (χ1) is 9.13. The Bertz CT molecular complexity index is 592. The molecular formula is C14H16FN3O. The second kappa shape index (κ2) is 4.74. The Hall–Kier alpha value is -1.75. The third-order valence-electron chi connectivity index (χ3n) is 3.54.